The summed E-state index contributed by atoms with van der Waals surface area (Å²) in [6, 6.07) is 11.1. The average molecular weight is 330 g/mol. The molecule has 23 heavy (non-hydrogen) atoms. The minimum atomic E-state index is -0.0297. The Morgan fingerprint density at radius 3 is 2.78 bits per heavy atom. The molecular formula is C17H16ClN3O2. The summed E-state index contributed by atoms with van der Waals surface area (Å²) in [5.41, 5.74) is 10.0. The van der Waals surface area contributed by atoms with Gasteiger partial charge in [0.25, 0.3) is 0 Å². The van der Waals surface area contributed by atoms with Crippen LogP contribution >= 0.6 is 11.6 Å². The van der Waals surface area contributed by atoms with Gasteiger partial charge in [0.05, 0.1) is 12.1 Å². The van der Waals surface area contributed by atoms with E-state index in [1.54, 1.807) is 18.2 Å². The minimum Gasteiger partial charge on any atom is -0.508 e. The molecule has 2 heterocycles. The molecule has 118 valence electrons. The van der Waals surface area contributed by atoms with E-state index in [9.17, 15) is 5.11 Å². The highest BCUT2D eigenvalue weighted by molar-refractivity contribution is 6.30. The maximum atomic E-state index is 10.1. The molecular weight excluding hydrogens is 314 g/mol. The number of fused-ring (bicyclic) bond motifs is 1. The van der Waals surface area contributed by atoms with Crippen molar-refractivity contribution in [3.63, 3.8) is 0 Å². The molecule has 0 amide bonds. The van der Waals surface area contributed by atoms with Gasteiger partial charge in [-0.3, -0.25) is 0 Å². The molecule has 1 aliphatic rings. The number of aromatic hydroxyl groups is 1. The van der Waals surface area contributed by atoms with E-state index in [0.29, 0.717) is 10.9 Å². The monoisotopic (exact) mass is 329 g/mol. The maximum absolute atomic E-state index is 10.1. The van der Waals surface area contributed by atoms with E-state index >= 15 is 0 Å². The van der Waals surface area contributed by atoms with E-state index in [4.69, 9.17) is 16.0 Å². The predicted molar refractivity (Wildman–Crippen MR) is 88.2 cm³/mol. The van der Waals surface area contributed by atoms with Crippen molar-refractivity contribution in [2.45, 2.75) is 25.4 Å². The molecule has 1 fully saturated rings. The molecule has 5 nitrogen and oxygen atoms in total. The van der Waals surface area contributed by atoms with Crippen molar-refractivity contribution in [2.75, 3.05) is 0 Å². The van der Waals surface area contributed by atoms with Crippen molar-refractivity contribution in [3.05, 3.63) is 58.4 Å². The van der Waals surface area contributed by atoms with Gasteiger partial charge in [-0.1, -0.05) is 23.7 Å². The first-order valence-electron chi connectivity index (χ1n) is 7.47. The maximum Gasteiger partial charge on any atom is 0.192 e. The van der Waals surface area contributed by atoms with E-state index in [1.165, 1.54) is 0 Å². The van der Waals surface area contributed by atoms with Crippen LogP contribution in [-0.2, 0) is 0 Å². The Morgan fingerprint density at radius 2 is 1.96 bits per heavy atom. The average Bonchev–Trinajstić information content (AvgIpc) is 3.14. The Hall–Kier alpha value is -2.08. The summed E-state index contributed by atoms with van der Waals surface area (Å²) in [5.74, 6) is 0.894. The molecule has 0 radical (unpaired) electrons. The largest absolute Gasteiger partial charge is 0.508 e. The fraction of sp³-hybridized carbons (Fsp3) is 0.235. The second-order valence-electron chi connectivity index (χ2n) is 5.76. The van der Waals surface area contributed by atoms with Crippen molar-refractivity contribution < 1.29 is 9.52 Å². The number of rotatable bonds is 2. The summed E-state index contributed by atoms with van der Waals surface area (Å²) < 4.78 is 5.75. The lowest BCUT2D eigenvalue weighted by molar-refractivity contribution is 0.453. The molecule has 0 bridgehead atoms. The van der Waals surface area contributed by atoms with Crippen LogP contribution in [0.3, 0.4) is 0 Å². The van der Waals surface area contributed by atoms with Gasteiger partial charge in [0.1, 0.15) is 11.3 Å². The normalized spacial score (nSPS) is 21.1. The van der Waals surface area contributed by atoms with Gasteiger partial charge in [-0.05, 0) is 30.7 Å². The molecule has 3 N–H and O–H groups in total. The van der Waals surface area contributed by atoms with Crippen LogP contribution in [0.2, 0.25) is 5.02 Å². The first-order chi connectivity index (χ1) is 11.1. The number of hydrogen-bond acceptors (Lipinski definition) is 5. The topological polar surface area (TPSA) is 70.3 Å². The molecule has 2 atom stereocenters. The number of oxazole rings is 1. The molecule has 0 saturated carbocycles. The Kier molecular flexibility index (Phi) is 3.49. The number of hydrogen-bond donors (Lipinski definition) is 3. The van der Waals surface area contributed by atoms with Crippen LogP contribution in [0.4, 0.5) is 0 Å². The third-order valence-corrected chi connectivity index (χ3v) is 4.43. The van der Waals surface area contributed by atoms with Gasteiger partial charge in [0, 0.05) is 23.1 Å². The SMILES string of the molecule is Cc1nc2cccc(C3CC(c4cc(Cl)ccc4O)NN3)c2o1. The molecule has 4 rings (SSSR count). The van der Waals surface area contributed by atoms with E-state index in [-0.39, 0.29) is 17.8 Å². The van der Waals surface area contributed by atoms with Gasteiger partial charge in [-0.2, -0.15) is 0 Å². The molecule has 1 aliphatic heterocycles. The number of aromatic nitrogens is 1. The number of aryl methyl sites for hydroxylation is 1. The van der Waals surface area contributed by atoms with Crippen LogP contribution < -0.4 is 10.9 Å². The zero-order valence-electron chi connectivity index (χ0n) is 12.5. The zero-order valence-corrected chi connectivity index (χ0v) is 13.3. The molecule has 2 unspecified atom stereocenters. The number of benzene rings is 2. The Morgan fingerprint density at radius 1 is 1.17 bits per heavy atom. The minimum absolute atomic E-state index is 0.0297. The predicted octanol–water partition coefficient (Wildman–Crippen LogP) is 3.78. The van der Waals surface area contributed by atoms with E-state index in [2.05, 4.69) is 15.8 Å². The summed E-state index contributed by atoms with van der Waals surface area (Å²) in [6.45, 7) is 1.84. The molecule has 6 heteroatoms. The van der Waals surface area contributed by atoms with E-state index < -0.39 is 0 Å². The highest BCUT2D eigenvalue weighted by atomic mass is 35.5. The van der Waals surface area contributed by atoms with Crippen LogP contribution in [0.25, 0.3) is 11.1 Å². The van der Waals surface area contributed by atoms with Gasteiger partial charge in [-0.15, -0.1) is 0 Å². The number of nitrogens with one attached hydrogen (secondary N) is 2. The fourth-order valence-corrected chi connectivity index (χ4v) is 3.31. The van der Waals surface area contributed by atoms with Crippen molar-refractivity contribution >= 4 is 22.7 Å². The lowest BCUT2D eigenvalue weighted by Gasteiger charge is -2.12. The summed E-state index contributed by atoms with van der Waals surface area (Å²) in [7, 11) is 0. The smallest absolute Gasteiger partial charge is 0.192 e. The second kappa shape index (κ2) is 5.53. The van der Waals surface area contributed by atoms with Crippen molar-refractivity contribution in [3.8, 4) is 5.75 Å². The Bertz CT molecular complexity index is 877. The first-order valence-corrected chi connectivity index (χ1v) is 7.85. The summed E-state index contributed by atoms with van der Waals surface area (Å²) >= 11 is 6.05. The van der Waals surface area contributed by atoms with Crippen LogP contribution in [0.1, 0.15) is 35.5 Å². The summed E-state index contributed by atoms with van der Waals surface area (Å²) in [6.07, 6.45) is 0.771. The number of halogens is 1. The molecule has 0 spiro atoms. The van der Waals surface area contributed by atoms with Crippen LogP contribution in [0.5, 0.6) is 5.75 Å². The number of nitrogens with zero attached hydrogens (tertiary/aromatic N) is 1. The van der Waals surface area contributed by atoms with Crippen LogP contribution in [0, 0.1) is 6.92 Å². The van der Waals surface area contributed by atoms with Crippen LogP contribution in [0.15, 0.2) is 40.8 Å². The summed E-state index contributed by atoms with van der Waals surface area (Å²) in [5, 5.41) is 10.7. The Balaban J connectivity index is 1.66. The third-order valence-electron chi connectivity index (χ3n) is 4.20. The third kappa shape index (κ3) is 2.57. The highest BCUT2D eigenvalue weighted by Gasteiger charge is 2.30. The highest BCUT2D eigenvalue weighted by Crippen LogP contribution is 2.37. The Labute approximate surface area is 138 Å². The lowest BCUT2D eigenvalue weighted by Crippen LogP contribution is -2.26. The van der Waals surface area contributed by atoms with Crippen molar-refractivity contribution in [2.24, 2.45) is 0 Å². The second-order valence-corrected chi connectivity index (χ2v) is 6.20. The molecule has 1 saturated heterocycles. The van der Waals surface area contributed by atoms with Gasteiger partial charge in [-0.25, -0.2) is 15.8 Å². The summed E-state index contributed by atoms with van der Waals surface area (Å²) in [4.78, 5) is 4.38. The molecule has 0 aliphatic carbocycles. The standard InChI is InChI=1S/C17H16ClN3O2/c1-9-19-13-4-2-3-11(17(13)23-9)14-8-15(21-20-14)12-7-10(18)5-6-16(12)22/h2-7,14-15,20-22H,8H2,1H3. The number of para-hydroxylation sites is 1. The quantitative estimate of drug-likeness (QED) is 0.667. The molecule has 3 aromatic rings. The number of phenols is 1. The zero-order chi connectivity index (χ0) is 16.0. The number of phenolic OH excluding ortho intramolecular Hbond substituents is 1. The first kappa shape index (κ1) is 14.5. The van der Waals surface area contributed by atoms with Gasteiger partial charge >= 0.3 is 0 Å². The van der Waals surface area contributed by atoms with Crippen molar-refractivity contribution in [1.82, 2.24) is 15.8 Å². The molecule has 2 aromatic carbocycles. The van der Waals surface area contributed by atoms with Gasteiger partial charge in [0.15, 0.2) is 11.5 Å². The van der Waals surface area contributed by atoms with Gasteiger partial charge in [0.2, 0.25) is 0 Å². The number of hydrazine groups is 1. The fourth-order valence-electron chi connectivity index (χ4n) is 3.12. The lowest BCUT2D eigenvalue weighted by atomic mass is 9.96. The van der Waals surface area contributed by atoms with Gasteiger partial charge < -0.3 is 9.52 Å². The van der Waals surface area contributed by atoms with Crippen molar-refractivity contribution in [1.29, 1.82) is 0 Å². The van der Waals surface area contributed by atoms with E-state index in [0.717, 1.165) is 28.6 Å². The van der Waals surface area contributed by atoms with E-state index in [1.807, 2.05) is 25.1 Å². The van der Waals surface area contributed by atoms with Crippen LogP contribution in [-0.4, -0.2) is 10.1 Å². The molecule has 1 aromatic heterocycles.